The minimum atomic E-state index is 0.313. The van der Waals surface area contributed by atoms with E-state index in [1.165, 1.54) is 10.4 Å². The van der Waals surface area contributed by atoms with Crippen molar-refractivity contribution in [1.29, 1.82) is 0 Å². The first-order valence-electron chi connectivity index (χ1n) is 4.50. The van der Waals surface area contributed by atoms with Crippen LogP contribution in [0.25, 0.3) is 0 Å². The van der Waals surface area contributed by atoms with Crippen molar-refractivity contribution in [3.8, 4) is 0 Å². The lowest BCUT2D eigenvalue weighted by molar-refractivity contribution is 0.0995. The van der Waals surface area contributed by atoms with E-state index in [-0.39, 0.29) is 0 Å². The highest BCUT2D eigenvalue weighted by molar-refractivity contribution is 7.12. The summed E-state index contributed by atoms with van der Waals surface area (Å²) < 4.78 is 0. The molecule has 70 valence electrons. The smallest absolute Gasteiger partial charge is 0.174 e. The van der Waals surface area contributed by atoms with Gasteiger partial charge < -0.3 is 0 Å². The monoisotopic (exact) mass is 220 g/mol. The Bertz CT molecular complexity index is 467. The molecule has 1 atom stereocenters. The van der Waals surface area contributed by atoms with E-state index in [1.54, 1.807) is 22.7 Å². The zero-order chi connectivity index (χ0) is 9.54. The first-order chi connectivity index (χ1) is 6.86. The number of thiophene rings is 2. The number of carbonyl (C=O) groups excluding carboxylic acids is 1. The van der Waals surface area contributed by atoms with Crippen LogP contribution in [-0.4, -0.2) is 5.78 Å². The van der Waals surface area contributed by atoms with Crippen molar-refractivity contribution in [1.82, 2.24) is 0 Å². The molecule has 3 heteroatoms. The molecule has 14 heavy (non-hydrogen) atoms. The summed E-state index contributed by atoms with van der Waals surface area (Å²) in [7, 11) is 0. The van der Waals surface area contributed by atoms with Crippen LogP contribution >= 0.6 is 22.7 Å². The van der Waals surface area contributed by atoms with Gasteiger partial charge in [0.15, 0.2) is 5.78 Å². The van der Waals surface area contributed by atoms with Crippen LogP contribution in [0.2, 0.25) is 0 Å². The standard InChI is InChI=1S/C11H8OS2/c12-9-6-8(10-2-1-4-13-10)7-3-5-14-11(7)9/h1-5,8H,6H2. The predicted molar refractivity (Wildman–Crippen MR) is 59.4 cm³/mol. The average molecular weight is 220 g/mol. The maximum absolute atomic E-state index is 11.6. The fraction of sp³-hybridized carbons (Fsp3) is 0.182. The van der Waals surface area contributed by atoms with E-state index >= 15 is 0 Å². The van der Waals surface area contributed by atoms with E-state index in [9.17, 15) is 4.79 Å². The summed E-state index contributed by atoms with van der Waals surface area (Å²) >= 11 is 3.32. The highest BCUT2D eigenvalue weighted by Gasteiger charge is 2.31. The number of ketones is 1. The first kappa shape index (κ1) is 8.38. The molecule has 0 aromatic carbocycles. The maximum Gasteiger partial charge on any atom is 0.174 e. The Hall–Kier alpha value is -0.930. The summed E-state index contributed by atoms with van der Waals surface area (Å²) in [5, 5.41) is 4.09. The zero-order valence-corrected chi connectivity index (χ0v) is 9.03. The molecule has 2 aromatic heterocycles. The molecule has 0 fully saturated rings. The van der Waals surface area contributed by atoms with Gasteiger partial charge in [0, 0.05) is 17.2 Å². The van der Waals surface area contributed by atoms with Gasteiger partial charge in [0.25, 0.3) is 0 Å². The van der Waals surface area contributed by atoms with Crippen molar-refractivity contribution in [2.75, 3.05) is 0 Å². The summed E-state index contributed by atoms with van der Waals surface area (Å²) in [6.07, 6.45) is 0.669. The summed E-state index contributed by atoms with van der Waals surface area (Å²) in [6.45, 7) is 0. The minimum Gasteiger partial charge on any atom is -0.293 e. The number of hydrogen-bond donors (Lipinski definition) is 0. The van der Waals surface area contributed by atoms with Crippen LogP contribution in [0, 0.1) is 0 Å². The predicted octanol–water partition coefficient (Wildman–Crippen LogP) is 3.53. The fourth-order valence-corrected chi connectivity index (χ4v) is 3.71. The Kier molecular flexibility index (Phi) is 1.82. The van der Waals surface area contributed by atoms with Crippen molar-refractivity contribution in [3.05, 3.63) is 44.3 Å². The van der Waals surface area contributed by atoms with E-state index in [2.05, 4.69) is 23.6 Å². The second-order valence-electron chi connectivity index (χ2n) is 3.40. The number of Topliss-reactive ketones (excluding diaryl/α,β-unsaturated/α-hetero) is 1. The number of rotatable bonds is 1. The van der Waals surface area contributed by atoms with Crippen LogP contribution in [0.3, 0.4) is 0 Å². The molecule has 0 amide bonds. The summed E-state index contributed by atoms with van der Waals surface area (Å²) in [5.74, 6) is 0.650. The summed E-state index contributed by atoms with van der Waals surface area (Å²) in [4.78, 5) is 13.9. The molecule has 0 saturated carbocycles. The molecule has 2 aromatic rings. The normalized spacial score (nSPS) is 20.0. The Labute approximate surface area is 90.0 Å². The van der Waals surface area contributed by atoms with Crippen LogP contribution < -0.4 is 0 Å². The molecule has 1 nitrogen and oxygen atoms in total. The number of carbonyl (C=O) groups is 1. The van der Waals surface area contributed by atoms with Crippen LogP contribution in [0.1, 0.15) is 32.5 Å². The summed E-state index contributed by atoms with van der Waals surface area (Å²) in [5.41, 5.74) is 1.24. The molecule has 0 N–H and O–H groups in total. The Morgan fingerprint density at radius 2 is 2.14 bits per heavy atom. The van der Waals surface area contributed by atoms with Crippen molar-refractivity contribution in [2.24, 2.45) is 0 Å². The van der Waals surface area contributed by atoms with Gasteiger partial charge in [0.1, 0.15) is 0 Å². The van der Waals surface area contributed by atoms with E-state index in [4.69, 9.17) is 0 Å². The third kappa shape index (κ3) is 1.09. The van der Waals surface area contributed by atoms with Gasteiger partial charge >= 0.3 is 0 Å². The Balaban J connectivity index is 2.11. The van der Waals surface area contributed by atoms with Crippen LogP contribution in [0.15, 0.2) is 29.0 Å². The first-order valence-corrected chi connectivity index (χ1v) is 6.26. The Morgan fingerprint density at radius 3 is 2.93 bits per heavy atom. The molecule has 1 unspecified atom stereocenters. The lowest BCUT2D eigenvalue weighted by Crippen LogP contribution is -1.93. The molecule has 1 aliphatic rings. The van der Waals surface area contributed by atoms with Gasteiger partial charge in [-0.15, -0.1) is 22.7 Å². The second kappa shape index (κ2) is 3.04. The average Bonchev–Trinajstić information content (AvgIpc) is 2.84. The molecule has 1 aliphatic carbocycles. The van der Waals surface area contributed by atoms with Crippen molar-refractivity contribution >= 4 is 28.5 Å². The van der Waals surface area contributed by atoms with Crippen molar-refractivity contribution < 1.29 is 4.79 Å². The van der Waals surface area contributed by atoms with Crippen molar-refractivity contribution in [3.63, 3.8) is 0 Å². The zero-order valence-electron chi connectivity index (χ0n) is 7.40. The number of fused-ring (bicyclic) bond motifs is 1. The minimum absolute atomic E-state index is 0.313. The molecule has 2 heterocycles. The lowest BCUT2D eigenvalue weighted by Gasteiger charge is -2.04. The van der Waals surface area contributed by atoms with Crippen LogP contribution in [-0.2, 0) is 0 Å². The molecular formula is C11H8OS2. The van der Waals surface area contributed by atoms with Gasteiger partial charge in [-0.25, -0.2) is 0 Å². The summed E-state index contributed by atoms with van der Waals surface area (Å²) in [6, 6.07) is 6.26. The topological polar surface area (TPSA) is 17.1 Å². The lowest BCUT2D eigenvalue weighted by atomic mass is 10.0. The molecule has 3 rings (SSSR count). The second-order valence-corrected chi connectivity index (χ2v) is 5.30. The van der Waals surface area contributed by atoms with E-state index in [0.29, 0.717) is 18.1 Å². The van der Waals surface area contributed by atoms with Gasteiger partial charge in [0.05, 0.1) is 4.88 Å². The molecule has 0 bridgehead atoms. The Morgan fingerprint density at radius 1 is 1.21 bits per heavy atom. The van der Waals surface area contributed by atoms with Crippen LogP contribution in [0.5, 0.6) is 0 Å². The van der Waals surface area contributed by atoms with Gasteiger partial charge in [-0.05, 0) is 28.5 Å². The van der Waals surface area contributed by atoms with E-state index in [0.717, 1.165) is 4.88 Å². The SMILES string of the molecule is O=C1CC(c2cccs2)c2ccsc21. The molecule has 0 aliphatic heterocycles. The van der Waals surface area contributed by atoms with Crippen LogP contribution in [0.4, 0.5) is 0 Å². The van der Waals surface area contributed by atoms with Gasteiger partial charge in [-0.2, -0.15) is 0 Å². The highest BCUT2D eigenvalue weighted by atomic mass is 32.1. The highest BCUT2D eigenvalue weighted by Crippen LogP contribution is 2.42. The molecular weight excluding hydrogens is 212 g/mol. The molecule has 0 radical (unpaired) electrons. The molecule has 0 spiro atoms. The van der Waals surface area contributed by atoms with Gasteiger partial charge in [-0.1, -0.05) is 6.07 Å². The third-order valence-corrected chi connectivity index (χ3v) is 4.56. The van der Waals surface area contributed by atoms with Gasteiger partial charge in [-0.3, -0.25) is 4.79 Å². The van der Waals surface area contributed by atoms with E-state index in [1.807, 2.05) is 5.38 Å². The van der Waals surface area contributed by atoms with Crippen molar-refractivity contribution in [2.45, 2.75) is 12.3 Å². The quantitative estimate of drug-likeness (QED) is 0.718. The fourth-order valence-electron chi connectivity index (χ4n) is 1.95. The maximum atomic E-state index is 11.6. The third-order valence-electron chi connectivity index (χ3n) is 2.60. The van der Waals surface area contributed by atoms with Gasteiger partial charge in [0.2, 0.25) is 0 Å². The largest absolute Gasteiger partial charge is 0.293 e. The number of hydrogen-bond acceptors (Lipinski definition) is 3. The van der Waals surface area contributed by atoms with E-state index < -0.39 is 0 Å². The molecule has 0 saturated heterocycles.